The zero-order valence-electron chi connectivity index (χ0n) is 16.5. The van der Waals surface area contributed by atoms with Crippen LogP contribution in [0.4, 0.5) is 0 Å². The van der Waals surface area contributed by atoms with Crippen molar-refractivity contribution >= 4 is 5.91 Å². The number of para-hydroxylation sites is 1. The van der Waals surface area contributed by atoms with Crippen LogP contribution in [-0.4, -0.2) is 56.8 Å². The number of fused-ring (bicyclic) bond motifs is 1. The third-order valence-electron chi connectivity index (χ3n) is 4.70. The highest BCUT2D eigenvalue weighted by Crippen LogP contribution is 2.21. The number of benzene rings is 1. The molecule has 2 rings (SSSR count). The van der Waals surface area contributed by atoms with E-state index in [-0.39, 0.29) is 5.91 Å². The van der Waals surface area contributed by atoms with E-state index in [1.807, 2.05) is 29.2 Å². The van der Waals surface area contributed by atoms with Crippen LogP contribution in [0.1, 0.15) is 49.9 Å². The number of hydrogen-bond acceptors (Lipinski definition) is 4. The molecule has 5 nitrogen and oxygen atoms in total. The largest absolute Gasteiger partial charge is 0.491 e. The highest BCUT2D eigenvalue weighted by atomic mass is 16.5. The topological polar surface area (TPSA) is 50.8 Å². The van der Waals surface area contributed by atoms with Gasteiger partial charge in [0.25, 0.3) is 5.91 Å². The minimum Gasteiger partial charge on any atom is -0.491 e. The molecule has 0 radical (unpaired) electrons. The van der Waals surface area contributed by atoms with Crippen molar-refractivity contribution < 1.29 is 14.3 Å². The van der Waals surface area contributed by atoms with Gasteiger partial charge in [0.05, 0.1) is 12.2 Å². The Bertz CT molecular complexity index is 548. The summed E-state index contributed by atoms with van der Waals surface area (Å²) in [6, 6.07) is 7.89. The van der Waals surface area contributed by atoms with Crippen molar-refractivity contribution in [3.8, 4) is 5.75 Å². The minimum atomic E-state index is 0.0327. The van der Waals surface area contributed by atoms with E-state index in [0.29, 0.717) is 43.0 Å². The second-order valence-corrected chi connectivity index (χ2v) is 7.43. The molecule has 0 unspecified atom stereocenters. The van der Waals surface area contributed by atoms with E-state index in [9.17, 15) is 4.79 Å². The Morgan fingerprint density at radius 2 is 2.08 bits per heavy atom. The molecule has 146 valence electrons. The van der Waals surface area contributed by atoms with Crippen molar-refractivity contribution in [2.75, 3.05) is 40.0 Å². The average molecular weight is 363 g/mol. The number of amides is 1. The lowest BCUT2D eigenvalue weighted by Crippen LogP contribution is -2.36. The van der Waals surface area contributed by atoms with Gasteiger partial charge in [-0.15, -0.1) is 0 Å². The zero-order chi connectivity index (χ0) is 18.8. The van der Waals surface area contributed by atoms with Gasteiger partial charge in [-0.3, -0.25) is 4.79 Å². The molecular formula is C21H34N2O3. The fourth-order valence-corrected chi connectivity index (χ4v) is 3.34. The van der Waals surface area contributed by atoms with Crippen LogP contribution in [0, 0.1) is 5.92 Å². The highest BCUT2D eigenvalue weighted by molar-refractivity contribution is 5.97. The third kappa shape index (κ3) is 6.61. The molecule has 0 fully saturated rings. The maximum atomic E-state index is 13.1. The summed E-state index contributed by atoms with van der Waals surface area (Å²) in [4.78, 5) is 15.0. The predicted octanol–water partition coefficient (Wildman–Crippen LogP) is 3.34. The van der Waals surface area contributed by atoms with Crippen LogP contribution in [0.3, 0.4) is 0 Å². The molecular weight excluding hydrogens is 328 g/mol. The Labute approximate surface area is 158 Å². The summed E-state index contributed by atoms with van der Waals surface area (Å²) in [7, 11) is 1.67. The molecule has 1 aromatic carbocycles. The lowest BCUT2D eigenvalue weighted by molar-refractivity contribution is 0.0688. The van der Waals surface area contributed by atoms with Gasteiger partial charge in [-0.1, -0.05) is 32.4 Å². The Morgan fingerprint density at radius 1 is 1.27 bits per heavy atom. The molecule has 0 saturated carbocycles. The summed E-state index contributed by atoms with van der Waals surface area (Å²) >= 11 is 0. The monoisotopic (exact) mass is 362 g/mol. The summed E-state index contributed by atoms with van der Waals surface area (Å²) in [5.74, 6) is 1.31. The van der Waals surface area contributed by atoms with Crippen LogP contribution in [0.15, 0.2) is 24.3 Å². The fraction of sp³-hybridized carbons (Fsp3) is 0.667. The van der Waals surface area contributed by atoms with E-state index in [0.717, 1.165) is 38.8 Å². The number of methoxy groups -OCH3 is 1. The molecule has 0 bridgehead atoms. The Morgan fingerprint density at radius 3 is 2.85 bits per heavy atom. The quantitative estimate of drug-likeness (QED) is 0.873. The average Bonchev–Trinajstić information content (AvgIpc) is 2.64. The van der Waals surface area contributed by atoms with Crippen molar-refractivity contribution in [1.82, 2.24) is 10.2 Å². The van der Waals surface area contributed by atoms with Crippen molar-refractivity contribution in [1.29, 1.82) is 0 Å². The fourth-order valence-electron chi connectivity index (χ4n) is 3.34. The van der Waals surface area contributed by atoms with Crippen molar-refractivity contribution in [3.05, 3.63) is 29.8 Å². The molecule has 1 heterocycles. The first-order valence-electron chi connectivity index (χ1n) is 9.85. The lowest BCUT2D eigenvalue weighted by atomic mass is 10.0. The SMILES string of the molecule is COCCN1CCCCCN[C@@H](CC(C)C)COc2ccccc2C1=O. The standard InChI is InChI=1S/C21H34N2O3/c1-17(2)15-18-16-26-20-10-6-5-9-19(20)21(24)23(13-14-25-3)12-8-4-7-11-22-18/h5-6,9-10,17-18,22H,4,7-8,11-16H2,1-3H3/t18-/m0/s1. The maximum absolute atomic E-state index is 13.1. The molecule has 1 N–H and O–H groups in total. The summed E-state index contributed by atoms with van der Waals surface area (Å²) in [6.45, 7) is 7.95. The van der Waals surface area contributed by atoms with Gasteiger partial charge in [0.1, 0.15) is 12.4 Å². The van der Waals surface area contributed by atoms with Crippen molar-refractivity contribution in [2.24, 2.45) is 5.92 Å². The lowest BCUT2D eigenvalue weighted by Gasteiger charge is -2.24. The number of rotatable bonds is 5. The van der Waals surface area contributed by atoms with Crippen LogP contribution in [0.25, 0.3) is 0 Å². The number of nitrogens with one attached hydrogen (secondary N) is 1. The molecule has 26 heavy (non-hydrogen) atoms. The molecule has 1 aromatic rings. The smallest absolute Gasteiger partial charge is 0.257 e. The van der Waals surface area contributed by atoms with Gasteiger partial charge < -0.3 is 19.7 Å². The Balaban J connectivity index is 2.19. The second kappa shape index (κ2) is 11.2. The first-order valence-corrected chi connectivity index (χ1v) is 9.85. The molecule has 5 heteroatoms. The number of carbonyl (C=O) groups is 1. The highest BCUT2D eigenvalue weighted by Gasteiger charge is 2.21. The van der Waals surface area contributed by atoms with Gasteiger partial charge in [0.2, 0.25) is 0 Å². The van der Waals surface area contributed by atoms with Crippen molar-refractivity contribution in [3.63, 3.8) is 0 Å². The maximum Gasteiger partial charge on any atom is 0.257 e. The Kier molecular flexibility index (Phi) is 8.92. The molecule has 0 aliphatic carbocycles. The van der Waals surface area contributed by atoms with Crippen LogP contribution in [0.5, 0.6) is 5.75 Å². The summed E-state index contributed by atoms with van der Waals surface area (Å²) in [6.07, 6.45) is 4.31. The van der Waals surface area contributed by atoms with E-state index in [1.165, 1.54) is 0 Å². The normalized spacial score (nSPS) is 19.9. The summed E-state index contributed by atoms with van der Waals surface area (Å²) in [5.41, 5.74) is 0.645. The molecule has 1 aliphatic heterocycles. The summed E-state index contributed by atoms with van der Waals surface area (Å²) in [5, 5.41) is 3.63. The number of carbonyl (C=O) groups excluding carboxylic acids is 1. The van der Waals surface area contributed by atoms with Gasteiger partial charge in [0, 0.05) is 26.2 Å². The van der Waals surface area contributed by atoms with Gasteiger partial charge in [0.15, 0.2) is 0 Å². The van der Waals surface area contributed by atoms with Crippen LogP contribution >= 0.6 is 0 Å². The van der Waals surface area contributed by atoms with E-state index < -0.39 is 0 Å². The molecule has 0 saturated heterocycles. The first-order chi connectivity index (χ1) is 12.6. The third-order valence-corrected chi connectivity index (χ3v) is 4.70. The minimum absolute atomic E-state index is 0.0327. The van der Waals surface area contributed by atoms with E-state index in [1.54, 1.807) is 7.11 Å². The zero-order valence-corrected chi connectivity index (χ0v) is 16.5. The van der Waals surface area contributed by atoms with E-state index in [4.69, 9.17) is 9.47 Å². The van der Waals surface area contributed by atoms with Crippen molar-refractivity contribution in [2.45, 2.75) is 45.6 Å². The van der Waals surface area contributed by atoms with E-state index >= 15 is 0 Å². The van der Waals surface area contributed by atoms with Gasteiger partial charge in [-0.2, -0.15) is 0 Å². The summed E-state index contributed by atoms with van der Waals surface area (Å²) < 4.78 is 11.3. The molecule has 0 aromatic heterocycles. The van der Waals surface area contributed by atoms with Gasteiger partial charge in [-0.25, -0.2) is 0 Å². The first kappa shape index (κ1) is 20.7. The van der Waals surface area contributed by atoms with Gasteiger partial charge >= 0.3 is 0 Å². The van der Waals surface area contributed by atoms with E-state index in [2.05, 4.69) is 19.2 Å². The number of hydrogen-bond donors (Lipinski definition) is 1. The molecule has 1 amide bonds. The number of ether oxygens (including phenoxy) is 2. The molecule has 0 spiro atoms. The van der Waals surface area contributed by atoms with Crippen LogP contribution < -0.4 is 10.1 Å². The molecule has 1 aliphatic rings. The molecule has 1 atom stereocenters. The number of nitrogens with zero attached hydrogens (tertiary/aromatic N) is 1. The second-order valence-electron chi connectivity index (χ2n) is 7.43. The predicted molar refractivity (Wildman–Crippen MR) is 105 cm³/mol. The van der Waals surface area contributed by atoms with Crippen LogP contribution in [-0.2, 0) is 4.74 Å². The van der Waals surface area contributed by atoms with Crippen LogP contribution in [0.2, 0.25) is 0 Å². The Hall–Kier alpha value is -1.59. The van der Waals surface area contributed by atoms with Gasteiger partial charge in [-0.05, 0) is 43.9 Å².